The molecule has 2 rings (SSSR count). The van der Waals surface area contributed by atoms with Crippen LogP contribution in [0.4, 0.5) is 0 Å². The van der Waals surface area contributed by atoms with Crippen LogP contribution in [0.3, 0.4) is 0 Å². The lowest BCUT2D eigenvalue weighted by Gasteiger charge is -2.09. The number of benzene rings is 1. The molecule has 4 heteroatoms. The highest BCUT2D eigenvalue weighted by Crippen LogP contribution is 2.27. The van der Waals surface area contributed by atoms with Gasteiger partial charge in [0.25, 0.3) is 0 Å². The minimum absolute atomic E-state index is 0.119. The van der Waals surface area contributed by atoms with Crippen molar-refractivity contribution >= 4 is 11.9 Å². The summed E-state index contributed by atoms with van der Waals surface area (Å²) in [6.07, 6.45) is 5.52. The number of rotatable bonds is 5. The molecule has 1 aromatic carbocycles. The van der Waals surface area contributed by atoms with Crippen molar-refractivity contribution in [2.75, 3.05) is 7.11 Å². The zero-order valence-corrected chi connectivity index (χ0v) is 11.9. The van der Waals surface area contributed by atoms with Gasteiger partial charge in [0, 0.05) is 13.0 Å². The van der Waals surface area contributed by atoms with E-state index in [0.29, 0.717) is 24.4 Å². The molecule has 0 unspecified atom stereocenters. The van der Waals surface area contributed by atoms with Gasteiger partial charge < -0.3 is 10.1 Å². The SMILES string of the molecule is COC(=O)c1ccc(CNC(=O)CC2CCCC2)cc1. The Labute approximate surface area is 119 Å². The van der Waals surface area contributed by atoms with E-state index in [1.54, 1.807) is 12.1 Å². The lowest BCUT2D eigenvalue weighted by atomic mass is 10.0. The highest BCUT2D eigenvalue weighted by molar-refractivity contribution is 5.89. The van der Waals surface area contributed by atoms with E-state index in [1.165, 1.54) is 32.8 Å². The first-order valence-electron chi connectivity index (χ1n) is 7.13. The maximum atomic E-state index is 11.8. The molecule has 0 aliphatic heterocycles. The lowest BCUT2D eigenvalue weighted by Crippen LogP contribution is -2.24. The Hall–Kier alpha value is -1.84. The fraction of sp³-hybridized carbons (Fsp3) is 0.500. The van der Waals surface area contributed by atoms with Crippen molar-refractivity contribution in [3.05, 3.63) is 35.4 Å². The highest BCUT2D eigenvalue weighted by atomic mass is 16.5. The molecule has 0 bridgehead atoms. The zero-order chi connectivity index (χ0) is 14.4. The molecule has 1 N–H and O–H groups in total. The Morgan fingerprint density at radius 3 is 2.45 bits per heavy atom. The largest absolute Gasteiger partial charge is 0.465 e. The smallest absolute Gasteiger partial charge is 0.337 e. The second kappa shape index (κ2) is 7.08. The van der Waals surface area contributed by atoms with Crippen LogP contribution in [0.15, 0.2) is 24.3 Å². The maximum Gasteiger partial charge on any atom is 0.337 e. The first-order chi connectivity index (χ1) is 9.69. The number of hydrogen-bond acceptors (Lipinski definition) is 3. The van der Waals surface area contributed by atoms with Gasteiger partial charge in [-0.15, -0.1) is 0 Å². The second-order valence-corrected chi connectivity index (χ2v) is 5.32. The standard InChI is InChI=1S/C16H21NO3/c1-20-16(19)14-8-6-13(7-9-14)11-17-15(18)10-12-4-2-3-5-12/h6-9,12H,2-5,10-11H2,1H3,(H,17,18). The fourth-order valence-corrected chi connectivity index (χ4v) is 2.63. The summed E-state index contributed by atoms with van der Waals surface area (Å²) in [5, 5.41) is 2.93. The van der Waals surface area contributed by atoms with Crippen LogP contribution in [-0.2, 0) is 16.1 Å². The summed E-state index contributed by atoms with van der Waals surface area (Å²) in [6.45, 7) is 0.507. The molecule has 0 spiro atoms. The Balaban J connectivity index is 1.78. The van der Waals surface area contributed by atoms with Crippen LogP contribution in [0.2, 0.25) is 0 Å². The molecule has 1 aromatic rings. The van der Waals surface area contributed by atoms with Gasteiger partial charge >= 0.3 is 5.97 Å². The Morgan fingerprint density at radius 2 is 1.85 bits per heavy atom. The van der Waals surface area contributed by atoms with Crippen LogP contribution in [0, 0.1) is 5.92 Å². The maximum absolute atomic E-state index is 11.8. The molecule has 0 atom stereocenters. The van der Waals surface area contributed by atoms with Crippen LogP contribution in [0.25, 0.3) is 0 Å². The number of methoxy groups -OCH3 is 1. The van der Waals surface area contributed by atoms with Crippen molar-refractivity contribution in [2.24, 2.45) is 5.92 Å². The number of amides is 1. The van der Waals surface area contributed by atoms with Crippen molar-refractivity contribution in [1.29, 1.82) is 0 Å². The lowest BCUT2D eigenvalue weighted by molar-refractivity contribution is -0.122. The molecule has 20 heavy (non-hydrogen) atoms. The summed E-state index contributed by atoms with van der Waals surface area (Å²) >= 11 is 0. The predicted octanol–water partition coefficient (Wildman–Crippen LogP) is 2.67. The molecule has 1 aliphatic rings. The van der Waals surface area contributed by atoms with Crippen molar-refractivity contribution in [2.45, 2.75) is 38.6 Å². The van der Waals surface area contributed by atoms with Gasteiger partial charge in [-0.3, -0.25) is 4.79 Å². The van der Waals surface area contributed by atoms with E-state index >= 15 is 0 Å². The summed E-state index contributed by atoms with van der Waals surface area (Å²) in [7, 11) is 1.36. The number of nitrogens with one attached hydrogen (secondary N) is 1. The minimum Gasteiger partial charge on any atom is -0.465 e. The van der Waals surface area contributed by atoms with Gasteiger partial charge in [0.05, 0.1) is 12.7 Å². The molecular weight excluding hydrogens is 254 g/mol. The number of ether oxygens (including phenoxy) is 1. The molecule has 108 valence electrons. The highest BCUT2D eigenvalue weighted by Gasteiger charge is 2.18. The molecule has 0 saturated heterocycles. The number of carbonyl (C=O) groups is 2. The average molecular weight is 275 g/mol. The summed E-state index contributed by atoms with van der Waals surface area (Å²) in [6, 6.07) is 7.10. The Morgan fingerprint density at radius 1 is 1.20 bits per heavy atom. The van der Waals surface area contributed by atoms with Crippen LogP contribution in [0.5, 0.6) is 0 Å². The first kappa shape index (κ1) is 14.6. The van der Waals surface area contributed by atoms with E-state index in [2.05, 4.69) is 10.1 Å². The van der Waals surface area contributed by atoms with E-state index in [0.717, 1.165) is 5.56 Å². The average Bonchev–Trinajstić information content (AvgIpc) is 2.97. The molecular formula is C16H21NO3. The zero-order valence-electron chi connectivity index (χ0n) is 11.9. The van der Waals surface area contributed by atoms with Gasteiger partial charge in [-0.25, -0.2) is 4.79 Å². The second-order valence-electron chi connectivity index (χ2n) is 5.32. The number of esters is 1. The molecule has 0 radical (unpaired) electrons. The molecule has 0 heterocycles. The van der Waals surface area contributed by atoms with Crippen LogP contribution < -0.4 is 5.32 Å². The van der Waals surface area contributed by atoms with Gasteiger partial charge in [0.15, 0.2) is 0 Å². The summed E-state index contributed by atoms with van der Waals surface area (Å²) in [5.74, 6) is 0.340. The third kappa shape index (κ3) is 4.08. The van der Waals surface area contributed by atoms with Crippen molar-refractivity contribution in [1.82, 2.24) is 5.32 Å². The van der Waals surface area contributed by atoms with Crippen molar-refractivity contribution in [3.8, 4) is 0 Å². The van der Waals surface area contributed by atoms with E-state index in [-0.39, 0.29) is 11.9 Å². The molecule has 4 nitrogen and oxygen atoms in total. The van der Waals surface area contributed by atoms with E-state index in [1.807, 2.05) is 12.1 Å². The van der Waals surface area contributed by atoms with Gasteiger partial charge in [-0.2, -0.15) is 0 Å². The van der Waals surface area contributed by atoms with E-state index in [4.69, 9.17) is 0 Å². The number of carbonyl (C=O) groups excluding carboxylic acids is 2. The predicted molar refractivity (Wildman–Crippen MR) is 76.2 cm³/mol. The van der Waals surface area contributed by atoms with Gasteiger partial charge in [0.1, 0.15) is 0 Å². The summed E-state index contributed by atoms with van der Waals surface area (Å²) < 4.78 is 4.64. The molecule has 0 aromatic heterocycles. The third-order valence-corrected chi connectivity index (χ3v) is 3.81. The fourth-order valence-electron chi connectivity index (χ4n) is 2.63. The van der Waals surface area contributed by atoms with Crippen molar-refractivity contribution < 1.29 is 14.3 Å². The normalized spacial score (nSPS) is 15.1. The van der Waals surface area contributed by atoms with Gasteiger partial charge in [0.2, 0.25) is 5.91 Å². The topological polar surface area (TPSA) is 55.4 Å². The van der Waals surface area contributed by atoms with Crippen molar-refractivity contribution in [3.63, 3.8) is 0 Å². The molecule has 1 amide bonds. The molecule has 1 saturated carbocycles. The molecule has 1 fully saturated rings. The Kier molecular flexibility index (Phi) is 5.16. The van der Waals surface area contributed by atoms with Crippen LogP contribution in [0.1, 0.15) is 48.0 Å². The monoisotopic (exact) mass is 275 g/mol. The molecule has 1 aliphatic carbocycles. The van der Waals surface area contributed by atoms with Gasteiger partial charge in [-0.1, -0.05) is 25.0 Å². The van der Waals surface area contributed by atoms with E-state index < -0.39 is 0 Å². The van der Waals surface area contributed by atoms with E-state index in [9.17, 15) is 9.59 Å². The summed E-state index contributed by atoms with van der Waals surface area (Å²) in [5.41, 5.74) is 1.51. The number of hydrogen-bond donors (Lipinski definition) is 1. The first-order valence-corrected chi connectivity index (χ1v) is 7.13. The third-order valence-electron chi connectivity index (χ3n) is 3.81. The van der Waals surface area contributed by atoms with Gasteiger partial charge in [-0.05, 0) is 36.5 Å². The van der Waals surface area contributed by atoms with Crippen LogP contribution in [-0.4, -0.2) is 19.0 Å². The Bertz CT molecular complexity index is 461. The minimum atomic E-state index is -0.346. The summed E-state index contributed by atoms with van der Waals surface area (Å²) in [4.78, 5) is 23.1. The van der Waals surface area contributed by atoms with Crippen LogP contribution >= 0.6 is 0 Å². The quantitative estimate of drug-likeness (QED) is 0.841.